The summed E-state index contributed by atoms with van der Waals surface area (Å²) in [6.07, 6.45) is -0.614. The highest BCUT2D eigenvalue weighted by Crippen LogP contribution is 2.19. The van der Waals surface area contributed by atoms with Crippen LogP contribution in [-0.2, 0) is 16.0 Å². The number of ether oxygens (including phenoxy) is 2. The van der Waals surface area contributed by atoms with Crippen LogP contribution in [0, 0.1) is 6.92 Å². The molecule has 0 bridgehead atoms. The highest BCUT2D eigenvalue weighted by molar-refractivity contribution is 5.80. The Kier molecular flexibility index (Phi) is 6.12. The van der Waals surface area contributed by atoms with Crippen molar-refractivity contribution in [1.82, 2.24) is 5.32 Å². The third-order valence-electron chi connectivity index (χ3n) is 2.75. The summed E-state index contributed by atoms with van der Waals surface area (Å²) >= 11 is 0. The van der Waals surface area contributed by atoms with Crippen molar-refractivity contribution in [3.05, 3.63) is 36.8 Å². The number of carboxylic acids is 1. The van der Waals surface area contributed by atoms with Crippen LogP contribution in [0.5, 0.6) is 5.75 Å². The number of rotatable bonds is 6. The van der Waals surface area contributed by atoms with Crippen LogP contribution in [0.4, 0.5) is 4.79 Å². The first-order valence-corrected chi connectivity index (χ1v) is 7.71. The van der Waals surface area contributed by atoms with E-state index in [0.29, 0.717) is 5.75 Å². The molecule has 0 aliphatic heterocycles. The van der Waals surface area contributed by atoms with Crippen molar-refractivity contribution in [3.8, 4) is 5.75 Å². The Hall–Kier alpha value is -2.37. The molecule has 2 N–H and O–H groups in total. The van der Waals surface area contributed by atoms with Crippen LogP contribution in [0.25, 0.3) is 0 Å². The molecule has 1 rings (SSSR count). The number of hydrogen-bond donors (Lipinski definition) is 2. The topological polar surface area (TPSA) is 84.9 Å². The fourth-order valence-electron chi connectivity index (χ4n) is 1.90. The molecule has 0 saturated carbocycles. The third kappa shape index (κ3) is 7.76. The maximum absolute atomic E-state index is 11.8. The molecule has 0 aromatic heterocycles. The second-order valence-electron chi connectivity index (χ2n) is 7.25. The molecule has 0 fully saturated rings. The first-order chi connectivity index (χ1) is 10.9. The molecule has 1 atom stereocenters. The number of hydrogen-bond acceptors (Lipinski definition) is 4. The lowest BCUT2D eigenvalue weighted by atomic mass is 10.1. The van der Waals surface area contributed by atoms with Crippen molar-refractivity contribution in [1.29, 1.82) is 0 Å². The number of nitrogens with one attached hydrogen (secondary N) is 1. The van der Waals surface area contributed by atoms with Crippen LogP contribution < -0.4 is 10.1 Å². The molecule has 0 heterocycles. The van der Waals surface area contributed by atoms with Gasteiger partial charge in [0.2, 0.25) is 5.60 Å². The van der Waals surface area contributed by atoms with E-state index in [-0.39, 0.29) is 6.42 Å². The number of carbonyl (C=O) groups is 2. The van der Waals surface area contributed by atoms with E-state index in [1.165, 1.54) is 0 Å². The van der Waals surface area contributed by atoms with Gasteiger partial charge in [-0.3, -0.25) is 0 Å². The van der Waals surface area contributed by atoms with E-state index in [1.807, 2.05) is 13.8 Å². The van der Waals surface area contributed by atoms with E-state index in [1.54, 1.807) is 45.0 Å². The van der Waals surface area contributed by atoms with E-state index in [4.69, 9.17) is 9.47 Å². The monoisotopic (exact) mass is 336 g/mol. The number of alkyl carbamates (subject to hydrolysis) is 1. The largest absolute Gasteiger partial charge is 0.480 e. The van der Waals surface area contributed by atoms with Gasteiger partial charge in [0, 0.05) is 20.3 Å². The second-order valence-corrected chi connectivity index (χ2v) is 7.25. The summed E-state index contributed by atoms with van der Waals surface area (Å²) in [6, 6.07) is 5.93. The predicted octanol–water partition coefficient (Wildman–Crippen LogP) is 3.20. The molecule has 0 radical (unpaired) electrons. The molecule has 132 valence electrons. The number of aliphatic carboxylic acids is 1. The summed E-state index contributed by atoms with van der Waals surface area (Å²) in [5.74, 6) is -0.481. The van der Waals surface area contributed by atoms with Crippen LogP contribution in [-0.4, -0.2) is 34.4 Å². The van der Waals surface area contributed by atoms with E-state index < -0.39 is 29.3 Å². The second kappa shape index (κ2) is 7.47. The van der Waals surface area contributed by atoms with E-state index in [2.05, 4.69) is 12.2 Å². The molecular weight excluding hydrogens is 310 g/mol. The van der Waals surface area contributed by atoms with Crippen LogP contribution in [0.15, 0.2) is 24.3 Å². The van der Waals surface area contributed by atoms with Gasteiger partial charge in [0.1, 0.15) is 24.3 Å². The standard InChI is InChI=1S/C18H25NO5/c1-17(2,3)23-13-9-7-12(8-10-13)11-14(15(20)21)19-16(22)24-18(4,5)6/h7-10,14H,1,11H2,2-6H3,(H-,19,20,21,22)/p+1. The van der Waals surface area contributed by atoms with Crippen molar-refractivity contribution in [2.45, 2.75) is 58.3 Å². The van der Waals surface area contributed by atoms with Crippen LogP contribution in [0.1, 0.15) is 40.2 Å². The van der Waals surface area contributed by atoms with E-state index in [0.717, 1.165) is 5.56 Å². The summed E-state index contributed by atoms with van der Waals surface area (Å²) in [6.45, 7) is 12.7. The number of carbonyl (C=O) groups excluding carboxylic acids is 1. The minimum absolute atomic E-state index is 0.141. The van der Waals surface area contributed by atoms with Crippen LogP contribution in [0.2, 0.25) is 0 Å². The fourth-order valence-corrected chi connectivity index (χ4v) is 1.90. The zero-order chi connectivity index (χ0) is 18.5. The van der Waals surface area contributed by atoms with Gasteiger partial charge in [-0.05, 0) is 38.5 Å². The minimum atomic E-state index is -1.12. The smallest absolute Gasteiger partial charge is 0.408 e. The Morgan fingerprint density at radius 3 is 2.12 bits per heavy atom. The van der Waals surface area contributed by atoms with Crippen molar-refractivity contribution >= 4 is 12.1 Å². The van der Waals surface area contributed by atoms with Crippen LogP contribution >= 0.6 is 0 Å². The summed E-state index contributed by atoms with van der Waals surface area (Å²) in [5, 5.41) is 11.7. The van der Waals surface area contributed by atoms with Gasteiger partial charge in [-0.25, -0.2) is 9.59 Å². The van der Waals surface area contributed by atoms with Gasteiger partial charge in [-0.2, -0.15) is 0 Å². The molecule has 1 amide bonds. The zero-order valence-electron chi connectivity index (χ0n) is 14.9. The summed E-state index contributed by atoms with van der Waals surface area (Å²) in [4.78, 5) is 23.1. The normalized spacial score (nSPS) is 13.0. The molecule has 1 aromatic carbocycles. The lowest BCUT2D eigenvalue weighted by Crippen LogP contribution is -2.44. The van der Waals surface area contributed by atoms with Crippen molar-refractivity contribution in [3.63, 3.8) is 0 Å². The van der Waals surface area contributed by atoms with Gasteiger partial charge < -0.3 is 19.9 Å². The predicted molar refractivity (Wildman–Crippen MR) is 91.0 cm³/mol. The van der Waals surface area contributed by atoms with Gasteiger partial charge in [-0.1, -0.05) is 12.1 Å². The van der Waals surface area contributed by atoms with Crippen molar-refractivity contribution < 1.29 is 24.2 Å². The van der Waals surface area contributed by atoms with Crippen molar-refractivity contribution in [2.75, 3.05) is 0 Å². The Morgan fingerprint density at radius 2 is 1.71 bits per heavy atom. The molecule has 0 aliphatic carbocycles. The van der Waals surface area contributed by atoms with Crippen LogP contribution in [0.3, 0.4) is 0 Å². The summed E-state index contributed by atoms with van der Waals surface area (Å²) in [5.41, 5.74) is -0.482. The Bertz CT molecular complexity index is 567. The van der Waals surface area contributed by atoms with Crippen molar-refractivity contribution in [2.24, 2.45) is 0 Å². The number of benzene rings is 1. The molecule has 6 nitrogen and oxygen atoms in total. The zero-order valence-corrected chi connectivity index (χ0v) is 14.9. The number of carboxylic acid groups (broad SMARTS) is 1. The third-order valence-corrected chi connectivity index (χ3v) is 2.75. The molecule has 1 aromatic rings. The fraction of sp³-hybridized carbons (Fsp3) is 0.500. The van der Waals surface area contributed by atoms with Gasteiger partial charge in [0.15, 0.2) is 0 Å². The summed E-state index contributed by atoms with van der Waals surface area (Å²) in [7, 11) is 0. The molecule has 6 heteroatoms. The summed E-state index contributed by atoms with van der Waals surface area (Å²) < 4.78 is 10.7. The lowest BCUT2D eigenvalue weighted by molar-refractivity contribution is -0.139. The van der Waals surface area contributed by atoms with Gasteiger partial charge in [0.25, 0.3) is 0 Å². The molecule has 24 heavy (non-hydrogen) atoms. The molecule has 0 spiro atoms. The average molecular weight is 336 g/mol. The number of amides is 1. The quantitative estimate of drug-likeness (QED) is 0.779. The first kappa shape index (κ1) is 19.7. The maximum atomic E-state index is 11.8. The first-order valence-electron chi connectivity index (χ1n) is 7.71. The van der Waals surface area contributed by atoms with Gasteiger partial charge >= 0.3 is 12.1 Å². The molecule has 0 saturated heterocycles. The van der Waals surface area contributed by atoms with Gasteiger partial charge in [0.05, 0.1) is 0 Å². The average Bonchev–Trinajstić information content (AvgIpc) is 2.36. The maximum Gasteiger partial charge on any atom is 0.408 e. The Balaban J connectivity index is 2.72. The highest BCUT2D eigenvalue weighted by Gasteiger charge is 2.24. The SMILES string of the molecule is [CH2+]C(C)(C)Oc1ccc(CC(NC(=O)OC(C)(C)C)C(=O)O)cc1. The Labute approximate surface area is 143 Å². The van der Waals surface area contributed by atoms with Gasteiger partial charge in [-0.15, -0.1) is 0 Å². The highest BCUT2D eigenvalue weighted by atomic mass is 16.6. The van der Waals surface area contributed by atoms with E-state index in [9.17, 15) is 14.7 Å². The molecular formula is C18H26NO5+. The molecule has 1 unspecified atom stereocenters. The molecule has 0 aliphatic rings. The lowest BCUT2D eigenvalue weighted by Gasteiger charge is -2.22. The van der Waals surface area contributed by atoms with E-state index >= 15 is 0 Å². The Morgan fingerprint density at radius 1 is 1.17 bits per heavy atom. The minimum Gasteiger partial charge on any atom is -0.480 e.